The Labute approximate surface area is 134 Å². The van der Waals surface area contributed by atoms with Crippen LogP contribution in [0.1, 0.15) is 39.6 Å². The molecular weight excluding hydrogens is 326 g/mol. The Kier molecular flexibility index (Phi) is 3.98. The Morgan fingerprint density at radius 1 is 1.21 bits per heavy atom. The number of hydrogen-bond donors (Lipinski definition) is 1. The molecular formula is C16H13F4N3O. The number of nitrogens with zero attached hydrogens (tertiary/aromatic N) is 2. The van der Waals surface area contributed by atoms with Gasteiger partial charge < -0.3 is 5.32 Å². The molecule has 1 aromatic heterocycles. The standard InChI is InChI=1S/C16H13F4N3O/c1-8-21-11-6-2-4-9(11)14(22-8)15(24)23-12-7-3-5-10(13(12)17)16(18,19)20/h3,5,7H,2,4,6H2,1H3,(H,23,24). The first-order valence-corrected chi connectivity index (χ1v) is 7.31. The first-order valence-electron chi connectivity index (χ1n) is 7.31. The molecule has 0 bridgehead atoms. The van der Waals surface area contributed by atoms with Gasteiger partial charge in [-0.1, -0.05) is 6.07 Å². The summed E-state index contributed by atoms with van der Waals surface area (Å²) >= 11 is 0. The van der Waals surface area contributed by atoms with Gasteiger partial charge in [-0.15, -0.1) is 0 Å². The van der Waals surface area contributed by atoms with Crippen molar-refractivity contribution < 1.29 is 22.4 Å². The van der Waals surface area contributed by atoms with Gasteiger partial charge in [-0.2, -0.15) is 13.2 Å². The summed E-state index contributed by atoms with van der Waals surface area (Å²) in [7, 11) is 0. The van der Waals surface area contributed by atoms with Crippen molar-refractivity contribution in [2.75, 3.05) is 5.32 Å². The minimum Gasteiger partial charge on any atom is -0.318 e. The predicted molar refractivity (Wildman–Crippen MR) is 78.1 cm³/mol. The highest BCUT2D eigenvalue weighted by Gasteiger charge is 2.35. The second-order valence-corrected chi connectivity index (χ2v) is 5.52. The van der Waals surface area contributed by atoms with Crippen LogP contribution in [0.3, 0.4) is 0 Å². The Balaban J connectivity index is 1.95. The van der Waals surface area contributed by atoms with E-state index in [4.69, 9.17) is 0 Å². The van der Waals surface area contributed by atoms with Crippen LogP contribution in [0.15, 0.2) is 18.2 Å². The smallest absolute Gasteiger partial charge is 0.318 e. The van der Waals surface area contributed by atoms with E-state index >= 15 is 0 Å². The lowest BCUT2D eigenvalue weighted by molar-refractivity contribution is -0.139. The molecule has 0 atom stereocenters. The largest absolute Gasteiger partial charge is 0.419 e. The highest BCUT2D eigenvalue weighted by molar-refractivity contribution is 6.04. The van der Waals surface area contributed by atoms with Gasteiger partial charge in [-0.3, -0.25) is 4.79 Å². The monoisotopic (exact) mass is 339 g/mol. The van der Waals surface area contributed by atoms with Gasteiger partial charge in [0.25, 0.3) is 5.91 Å². The lowest BCUT2D eigenvalue weighted by Crippen LogP contribution is -2.19. The number of halogens is 4. The zero-order chi connectivity index (χ0) is 17.5. The average molecular weight is 339 g/mol. The second-order valence-electron chi connectivity index (χ2n) is 5.52. The third kappa shape index (κ3) is 2.95. The maximum Gasteiger partial charge on any atom is 0.419 e. The van der Waals surface area contributed by atoms with Crippen LogP contribution in [0.5, 0.6) is 0 Å². The van der Waals surface area contributed by atoms with Gasteiger partial charge in [0.1, 0.15) is 11.5 Å². The number of aryl methyl sites for hydroxylation is 2. The van der Waals surface area contributed by atoms with Crippen LogP contribution in [-0.2, 0) is 19.0 Å². The Hall–Kier alpha value is -2.51. The van der Waals surface area contributed by atoms with Crippen molar-refractivity contribution in [3.8, 4) is 0 Å². The van der Waals surface area contributed by atoms with E-state index in [9.17, 15) is 22.4 Å². The molecule has 0 aliphatic heterocycles. The summed E-state index contributed by atoms with van der Waals surface area (Å²) in [4.78, 5) is 20.7. The number of nitrogens with one attached hydrogen (secondary N) is 1. The van der Waals surface area contributed by atoms with Gasteiger partial charge in [0, 0.05) is 11.3 Å². The molecule has 1 aliphatic carbocycles. The molecule has 8 heteroatoms. The molecule has 4 nitrogen and oxygen atoms in total. The van der Waals surface area contributed by atoms with Gasteiger partial charge in [0.2, 0.25) is 0 Å². The Morgan fingerprint density at radius 3 is 2.67 bits per heavy atom. The molecule has 0 fully saturated rings. The van der Waals surface area contributed by atoms with Crippen molar-refractivity contribution in [1.29, 1.82) is 0 Å². The number of aromatic nitrogens is 2. The number of benzene rings is 1. The zero-order valence-corrected chi connectivity index (χ0v) is 12.7. The summed E-state index contributed by atoms with van der Waals surface area (Å²) in [5.74, 6) is -1.86. The number of hydrogen-bond acceptors (Lipinski definition) is 3. The summed E-state index contributed by atoms with van der Waals surface area (Å²) in [5, 5.41) is 2.19. The van der Waals surface area contributed by atoms with Gasteiger partial charge in [0.05, 0.1) is 11.3 Å². The molecule has 24 heavy (non-hydrogen) atoms. The number of alkyl halides is 3. The summed E-state index contributed by atoms with van der Waals surface area (Å²) in [6.45, 7) is 1.63. The van der Waals surface area contributed by atoms with E-state index in [1.807, 2.05) is 0 Å². The van der Waals surface area contributed by atoms with Crippen molar-refractivity contribution in [2.24, 2.45) is 0 Å². The van der Waals surface area contributed by atoms with Crippen molar-refractivity contribution in [1.82, 2.24) is 9.97 Å². The van der Waals surface area contributed by atoms with E-state index in [0.717, 1.165) is 30.7 Å². The highest BCUT2D eigenvalue weighted by Crippen LogP contribution is 2.34. The molecule has 0 spiro atoms. The Morgan fingerprint density at radius 2 is 1.96 bits per heavy atom. The first kappa shape index (κ1) is 16.4. The number of amides is 1. The molecule has 1 amide bonds. The summed E-state index contributed by atoms with van der Waals surface area (Å²) in [6, 6.07) is 2.74. The van der Waals surface area contributed by atoms with Crippen LogP contribution in [0.2, 0.25) is 0 Å². The lowest BCUT2D eigenvalue weighted by atomic mass is 10.1. The second kappa shape index (κ2) is 5.85. The number of carbonyl (C=O) groups excluding carboxylic acids is 1. The number of anilines is 1. The van der Waals surface area contributed by atoms with Crippen LogP contribution < -0.4 is 5.32 Å². The highest BCUT2D eigenvalue weighted by atomic mass is 19.4. The van der Waals surface area contributed by atoms with Gasteiger partial charge in [-0.25, -0.2) is 14.4 Å². The van der Waals surface area contributed by atoms with Gasteiger partial charge >= 0.3 is 6.18 Å². The molecule has 1 aliphatic rings. The molecule has 1 N–H and O–H groups in total. The van der Waals surface area contributed by atoms with E-state index in [1.54, 1.807) is 6.92 Å². The lowest BCUT2D eigenvalue weighted by Gasteiger charge is -2.13. The Bertz CT molecular complexity index is 818. The average Bonchev–Trinajstić information content (AvgIpc) is 2.95. The van der Waals surface area contributed by atoms with Crippen LogP contribution in [0, 0.1) is 12.7 Å². The molecule has 0 saturated carbocycles. The number of rotatable bonds is 2. The van der Waals surface area contributed by atoms with Crippen molar-refractivity contribution in [3.05, 3.63) is 52.4 Å². The van der Waals surface area contributed by atoms with Crippen molar-refractivity contribution >= 4 is 11.6 Å². The SMILES string of the molecule is Cc1nc2c(c(C(=O)Nc3cccc(C(F)(F)F)c3F)n1)CCC2. The molecule has 0 radical (unpaired) electrons. The quantitative estimate of drug-likeness (QED) is 0.849. The third-order valence-corrected chi connectivity index (χ3v) is 3.81. The number of carbonyl (C=O) groups is 1. The normalized spacial score (nSPS) is 13.7. The molecule has 1 aromatic carbocycles. The fourth-order valence-electron chi connectivity index (χ4n) is 2.77. The van der Waals surface area contributed by atoms with E-state index in [2.05, 4.69) is 15.3 Å². The predicted octanol–water partition coefficient (Wildman–Crippen LogP) is 3.68. The fraction of sp³-hybridized carbons (Fsp3) is 0.312. The van der Waals surface area contributed by atoms with Crippen LogP contribution in [0.25, 0.3) is 0 Å². The maximum atomic E-state index is 14.0. The van der Waals surface area contributed by atoms with E-state index in [1.165, 1.54) is 0 Å². The van der Waals surface area contributed by atoms with E-state index in [0.29, 0.717) is 23.9 Å². The fourth-order valence-corrected chi connectivity index (χ4v) is 2.77. The molecule has 0 unspecified atom stereocenters. The zero-order valence-electron chi connectivity index (χ0n) is 12.7. The van der Waals surface area contributed by atoms with E-state index in [-0.39, 0.29) is 5.69 Å². The third-order valence-electron chi connectivity index (χ3n) is 3.81. The summed E-state index contributed by atoms with van der Waals surface area (Å²) < 4.78 is 52.3. The molecule has 1 heterocycles. The number of fused-ring (bicyclic) bond motifs is 1. The maximum absolute atomic E-state index is 14.0. The summed E-state index contributed by atoms with van der Waals surface area (Å²) in [6.07, 6.45) is -2.68. The van der Waals surface area contributed by atoms with Crippen molar-refractivity contribution in [2.45, 2.75) is 32.4 Å². The van der Waals surface area contributed by atoms with Crippen LogP contribution >= 0.6 is 0 Å². The molecule has 0 saturated heterocycles. The topological polar surface area (TPSA) is 54.9 Å². The van der Waals surface area contributed by atoms with E-state index < -0.39 is 29.2 Å². The minimum atomic E-state index is -4.84. The first-order chi connectivity index (χ1) is 11.3. The minimum absolute atomic E-state index is 0.0896. The molecule has 3 rings (SSSR count). The van der Waals surface area contributed by atoms with Crippen LogP contribution in [0.4, 0.5) is 23.2 Å². The van der Waals surface area contributed by atoms with Crippen molar-refractivity contribution in [3.63, 3.8) is 0 Å². The van der Waals surface area contributed by atoms with Crippen LogP contribution in [-0.4, -0.2) is 15.9 Å². The molecule has 2 aromatic rings. The van der Waals surface area contributed by atoms with Gasteiger partial charge in [-0.05, 0) is 38.3 Å². The molecule has 126 valence electrons. The van der Waals surface area contributed by atoms with Gasteiger partial charge in [0.15, 0.2) is 5.82 Å². The summed E-state index contributed by atoms with van der Waals surface area (Å²) in [5.41, 5.74) is -0.434.